The van der Waals surface area contributed by atoms with Crippen molar-refractivity contribution in [2.75, 3.05) is 6.16 Å². The van der Waals surface area contributed by atoms with Crippen LogP contribution >= 0.6 is 7.26 Å². The number of hydrogen-bond acceptors (Lipinski definition) is 0. The first-order valence-electron chi connectivity index (χ1n) is 8.36. The van der Waals surface area contributed by atoms with Crippen LogP contribution in [0.2, 0.25) is 0 Å². The van der Waals surface area contributed by atoms with E-state index in [9.17, 15) is 0 Å². The van der Waals surface area contributed by atoms with Crippen molar-refractivity contribution in [3.05, 3.63) is 91.0 Å². The zero-order valence-corrected chi connectivity index (χ0v) is 16.7. The highest BCUT2D eigenvalue weighted by Gasteiger charge is 2.44. The Morgan fingerprint density at radius 3 is 1.32 bits per heavy atom. The third-order valence-electron chi connectivity index (χ3n) is 4.41. The maximum atomic E-state index is 5.54. The van der Waals surface area contributed by atoms with Gasteiger partial charge in [0.25, 0.3) is 0 Å². The van der Waals surface area contributed by atoms with Crippen LogP contribution in [0.4, 0.5) is 0 Å². The molecule has 0 saturated heterocycles. The van der Waals surface area contributed by atoms with E-state index in [4.69, 9.17) is 6.42 Å². The summed E-state index contributed by atoms with van der Waals surface area (Å²) in [5, 5.41) is 4.29. The molecule has 0 nitrogen and oxygen atoms in total. The van der Waals surface area contributed by atoms with Crippen LogP contribution < -0.4 is 32.9 Å². The van der Waals surface area contributed by atoms with Crippen LogP contribution in [0.25, 0.3) is 0 Å². The second-order valence-electron chi connectivity index (χ2n) is 5.85. The molecule has 0 aliphatic rings. The van der Waals surface area contributed by atoms with E-state index in [0.29, 0.717) is 0 Å². The average molecular weight is 409 g/mol. The SMILES string of the molecule is C#CCCC[P+](c1ccccc1)(c1ccccc1)c1ccccc1.[Br-]. The molecule has 126 valence electrons. The Morgan fingerprint density at radius 2 is 1.00 bits per heavy atom. The molecule has 0 aromatic heterocycles. The molecule has 0 atom stereocenters. The standard InChI is InChI=1S/C23H22P.BrH/c1-2-3-13-20-24(21-14-7-4-8-15-21,22-16-9-5-10-17-22)23-18-11-6-12-19-23;/h1,4-12,14-19H,3,13,20H2;1H/q+1;/p-1. The third-order valence-corrected chi connectivity index (χ3v) is 8.93. The molecular formula is C23H22BrP. The summed E-state index contributed by atoms with van der Waals surface area (Å²) in [6.07, 6.45) is 8.51. The van der Waals surface area contributed by atoms with Crippen molar-refractivity contribution in [3.63, 3.8) is 0 Å². The Hall–Kier alpha value is -1.87. The van der Waals surface area contributed by atoms with E-state index in [-0.39, 0.29) is 17.0 Å². The summed E-state index contributed by atoms with van der Waals surface area (Å²) in [5.41, 5.74) is 0. The molecule has 0 radical (unpaired) electrons. The predicted octanol–water partition coefficient (Wildman–Crippen LogP) is 1.40. The van der Waals surface area contributed by atoms with Gasteiger partial charge in [0.2, 0.25) is 0 Å². The summed E-state index contributed by atoms with van der Waals surface area (Å²) in [4.78, 5) is 0. The second kappa shape index (κ2) is 9.57. The van der Waals surface area contributed by atoms with Crippen LogP contribution in [-0.4, -0.2) is 6.16 Å². The van der Waals surface area contributed by atoms with Crippen LogP contribution in [0.5, 0.6) is 0 Å². The fourth-order valence-electron chi connectivity index (χ4n) is 3.30. The molecule has 0 saturated carbocycles. The molecule has 0 fully saturated rings. The van der Waals surface area contributed by atoms with Crippen LogP contribution in [0.3, 0.4) is 0 Å². The first-order valence-corrected chi connectivity index (χ1v) is 10.3. The molecule has 3 rings (SSSR count). The average Bonchev–Trinajstić information content (AvgIpc) is 2.68. The molecule has 0 amide bonds. The molecule has 2 heteroatoms. The van der Waals surface area contributed by atoms with Gasteiger partial charge in [0.05, 0.1) is 6.16 Å². The number of benzene rings is 3. The zero-order chi connectivity index (χ0) is 16.7. The summed E-state index contributed by atoms with van der Waals surface area (Å²) in [5.74, 6) is 2.81. The fraction of sp³-hybridized carbons (Fsp3) is 0.130. The van der Waals surface area contributed by atoms with Gasteiger partial charge < -0.3 is 17.0 Å². The Bertz CT molecular complexity index is 695. The lowest BCUT2D eigenvalue weighted by Crippen LogP contribution is -3.00. The Labute approximate surface area is 162 Å². The molecule has 3 aromatic carbocycles. The minimum atomic E-state index is -1.68. The van der Waals surface area contributed by atoms with Crippen molar-refractivity contribution >= 4 is 23.2 Å². The predicted molar refractivity (Wildman–Crippen MR) is 108 cm³/mol. The van der Waals surface area contributed by atoms with Gasteiger partial charge in [-0.1, -0.05) is 54.6 Å². The van der Waals surface area contributed by atoms with Crippen LogP contribution in [-0.2, 0) is 0 Å². The molecule has 0 N–H and O–H groups in total. The quantitative estimate of drug-likeness (QED) is 0.328. The first kappa shape index (κ1) is 19.5. The molecule has 0 aliphatic carbocycles. The van der Waals surface area contributed by atoms with Crippen molar-refractivity contribution < 1.29 is 17.0 Å². The molecular weight excluding hydrogens is 387 g/mol. The van der Waals surface area contributed by atoms with Crippen LogP contribution in [0.1, 0.15) is 12.8 Å². The van der Waals surface area contributed by atoms with Gasteiger partial charge in [-0.15, -0.1) is 12.3 Å². The summed E-state index contributed by atoms with van der Waals surface area (Å²) >= 11 is 0. The maximum absolute atomic E-state index is 5.54. The van der Waals surface area contributed by atoms with Gasteiger partial charge >= 0.3 is 0 Å². The van der Waals surface area contributed by atoms with Gasteiger partial charge in [-0.2, -0.15) is 0 Å². The maximum Gasteiger partial charge on any atom is 0.112 e. The van der Waals surface area contributed by atoms with Gasteiger partial charge in [0, 0.05) is 6.42 Å². The monoisotopic (exact) mass is 408 g/mol. The highest BCUT2D eigenvalue weighted by atomic mass is 79.9. The van der Waals surface area contributed by atoms with Crippen LogP contribution in [0.15, 0.2) is 91.0 Å². The van der Waals surface area contributed by atoms with Crippen molar-refractivity contribution in [2.24, 2.45) is 0 Å². The molecule has 0 unspecified atom stereocenters. The highest BCUT2D eigenvalue weighted by molar-refractivity contribution is 7.95. The lowest BCUT2D eigenvalue weighted by atomic mass is 10.3. The first-order chi connectivity index (χ1) is 11.9. The third kappa shape index (κ3) is 4.21. The Balaban J connectivity index is 0.00000225. The Morgan fingerprint density at radius 1 is 0.640 bits per heavy atom. The van der Waals surface area contributed by atoms with Gasteiger partial charge in [-0.25, -0.2) is 0 Å². The molecule has 0 heterocycles. The van der Waals surface area contributed by atoms with E-state index in [0.717, 1.165) is 19.0 Å². The van der Waals surface area contributed by atoms with Gasteiger partial charge in [-0.3, -0.25) is 0 Å². The second-order valence-corrected chi connectivity index (χ2v) is 9.46. The van der Waals surface area contributed by atoms with Gasteiger partial charge in [0.1, 0.15) is 23.2 Å². The summed E-state index contributed by atoms with van der Waals surface area (Å²) in [7, 11) is -1.68. The minimum absolute atomic E-state index is 0. The minimum Gasteiger partial charge on any atom is -1.00 e. The van der Waals surface area contributed by atoms with Gasteiger partial charge in [0.15, 0.2) is 0 Å². The summed E-state index contributed by atoms with van der Waals surface area (Å²) < 4.78 is 0. The molecule has 25 heavy (non-hydrogen) atoms. The summed E-state index contributed by atoms with van der Waals surface area (Å²) in [6.45, 7) is 0. The van der Waals surface area contributed by atoms with E-state index in [2.05, 4.69) is 96.9 Å². The largest absolute Gasteiger partial charge is 1.00 e. The van der Waals surface area contributed by atoms with Crippen LogP contribution in [0, 0.1) is 12.3 Å². The fourth-order valence-corrected chi connectivity index (χ4v) is 7.64. The van der Waals surface area contributed by atoms with Gasteiger partial charge in [-0.05, 0) is 42.8 Å². The molecule has 3 aromatic rings. The van der Waals surface area contributed by atoms with Crippen molar-refractivity contribution in [3.8, 4) is 12.3 Å². The molecule has 0 bridgehead atoms. The van der Waals surface area contributed by atoms with E-state index in [1.807, 2.05) is 0 Å². The van der Waals surface area contributed by atoms with E-state index < -0.39 is 7.26 Å². The highest BCUT2D eigenvalue weighted by Crippen LogP contribution is 2.55. The number of halogens is 1. The Kier molecular flexibility index (Phi) is 7.45. The van der Waals surface area contributed by atoms with Crippen molar-refractivity contribution in [1.29, 1.82) is 0 Å². The lowest BCUT2D eigenvalue weighted by molar-refractivity contribution is -0.00000466. The number of rotatable bonds is 6. The molecule has 0 aliphatic heterocycles. The topological polar surface area (TPSA) is 0 Å². The zero-order valence-electron chi connectivity index (χ0n) is 14.2. The van der Waals surface area contributed by atoms with Crippen molar-refractivity contribution in [1.82, 2.24) is 0 Å². The summed E-state index contributed by atoms with van der Waals surface area (Å²) in [6, 6.07) is 32.9. The lowest BCUT2D eigenvalue weighted by Gasteiger charge is -2.27. The smallest absolute Gasteiger partial charge is 0.112 e. The van der Waals surface area contributed by atoms with E-state index in [1.54, 1.807) is 0 Å². The van der Waals surface area contributed by atoms with Crippen molar-refractivity contribution in [2.45, 2.75) is 12.8 Å². The molecule has 0 spiro atoms. The van der Waals surface area contributed by atoms with E-state index in [1.165, 1.54) is 15.9 Å². The normalized spacial score (nSPS) is 10.5. The number of unbranched alkanes of at least 4 members (excludes halogenated alkanes) is 1. The van der Waals surface area contributed by atoms with E-state index >= 15 is 0 Å². The number of terminal acetylenes is 1. The number of hydrogen-bond donors (Lipinski definition) is 0.